The molecule has 1 fully saturated rings. The summed E-state index contributed by atoms with van der Waals surface area (Å²) in [6, 6.07) is 19.0. The molecule has 4 nitrogen and oxygen atoms in total. The van der Waals surface area contributed by atoms with Gasteiger partial charge in [-0.3, -0.25) is 4.99 Å². The lowest BCUT2D eigenvalue weighted by atomic mass is 9.95. The number of likely N-dealkylation sites (tertiary alicyclic amines) is 1. The molecule has 3 aromatic rings. The molecule has 3 aromatic carbocycles. The summed E-state index contributed by atoms with van der Waals surface area (Å²) in [5.41, 5.74) is 4.67. The third-order valence-electron chi connectivity index (χ3n) is 8.46. The lowest BCUT2D eigenvalue weighted by Crippen LogP contribution is -2.44. The van der Waals surface area contributed by atoms with Gasteiger partial charge in [0.1, 0.15) is 5.82 Å². The molecule has 0 saturated carbocycles. The number of hydrogen-bond acceptors (Lipinski definition) is 4. The Morgan fingerprint density at radius 2 is 1.70 bits per heavy atom. The highest BCUT2D eigenvalue weighted by Crippen LogP contribution is 2.32. The SMILES string of the molecule is CC/C=C(\N1CCC(Nc2ccc(C(=NC(C)CC)c3cccc(C(F)(F)F)c3)c(C)c2)CC1)N(CC(F)F)c1ccccc1C. The summed E-state index contributed by atoms with van der Waals surface area (Å²) in [6.45, 7) is 10.9. The fraction of sp³-hybridized carbons (Fsp3) is 0.432. The Balaban J connectivity index is 1.51. The number of alkyl halides is 5. The number of hydrogen-bond donors (Lipinski definition) is 1. The average Bonchev–Trinajstić information content (AvgIpc) is 3.02. The number of para-hydroxylation sites is 1. The zero-order chi connectivity index (χ0) is 33.4. The van der Waals surface area contributed by atoms with Gasteiger partial charge in [0.15, 0.2) is 0 Å². The zero-order valence-electron chi connectivity index (χ0n) is 27.3. The first kappa shape index (κ1) is 35.0. The summed E-state index contributed by atoms with van der Waals surface area (Å²) < 4.78 is 68.1. The molecular weight excluding hydrogens is 595 g/mol. The van der Waals surface area contributed by atoms with Gasteiger partial charge in [-0.2, -0.15) is 13.2 Å². The van der Waals surface area contributed by atoms with E-state index in [1.807, 2.05) is 83.2 Å². The van der Waals surface area contributed by atoms with E-state index in [9.17, 15) is 22.0 Å². The van der Waals surface area contributed by atoms with Crippen molar-refractivity contribution in [3.05, 3.63) is 106 Å². The van der Waals surface area contributed by atoms with Crippen LogP contribution in [0.2, 0.25) is 0 Å². The summed E-state index contributed by atoms with van der Waals surface area (Å²) in [4.78, 5) is 8.79. The van der Waals surface area contributed by atoms with Crippen LogP contribution >= 0.6 is 0 Å². The predicted molar refractivity (Wildman–Crippen MR) is 179 cm³/mol. The molecule has 1 aliphatic heterocycles. The molecule has 46 heavy (non-hydrogen) atoms. The molecule has 1 atom stereocenters. The molecule has 1 unspecified atom stereocenters. The standard InChI is InChI=1S/C37H45F5N4/c1-6-11-35(46(24-34(38)39)33-15-9-8-12-25(33)3)45-20-18-30(19-21-45)44-31-16-17-32(26(4)22-31)36(43-27(5)7-2)28-13-10-14-29(23-28)37(40,41)42/h8-17,22-23,27,30,34,44H,6-7,18-21,24H2,1-5H3/b35-11+,43-36?. The van der Waals surface area contributed by atoms with Gasteiger partial charge in [-0.1, -0.05) is 50.2 Å². The minimum atomic E-state index is -4.44. The summed E-state index contributed by atoms with van der Waals surface area (Å²) in [7, 11) is 0. The Labute approximate surface area is 270 Å². The van der Waals surface area contributed by atoms with Crippen molar-refractivity contribution in [1.29, 1.82) is 0 Å². The van der Waals surface area contributed by atoms with Crippen LogP contribution in [0.5, 0.6) is 0 Å². The highest BCUT2D eigenvalue weighted by atomic mass is 19.4. The van der Waals surface area contributed by atoms with Crippen molar-refractivity contribution in [3.8, 4) is 0 Å². The van der Waals surface area contributed by atoms with Crippen LogP contribution in [0.15, 0.2) is 83.6 Å². The normalized spacial score (nSPS) is 15.8. The second-order valence-electron chi connectivity index (χ2n) is 12.0. The molecule has 248 valence electrons. The molecule has 1 heterocycles. The molecule has 1 N–H and O–H groups in total. The second-order valence-corrected chi connectivity index (χ2v) is 12.0. The quantitative estimate of drug-likeness (QED) is 0.158. The maximum absolute atomic E-state index is 13.8. The molecular formula is C37H45F5N4. The van der Waals surface area contributed by atoms with E-state index in [1.165, 1.54) is 12.1 Å². The number of rotatable bonds is 12. The van der Waals surface area contributed by atoms with E-state index in [1.54, 1.807) is 11.0 Å². The van der Waals surface area contributed by atoms with E-state index in [-0.39, 0.29) is 18.6 Å². The molecule has 1 aliphatic rings. The monoisotopic (exact) mass is 640 g/mol. The van der Waals surface area contributed by atoms with Crippen molar-refractivity contribution < 1.29 is 22.0 Å². The number of halogens is 5. The van der Waals surface area contributed by atoms with Gasteiger partial charge < -0.3 is 15.1 Å². The van der Waals surface area contributed by atoms with Gasteiger partial charge in [0, 0.05) is 47.7 Å². The highest BCUT2D eigenvalue weighted by molar-refractivity contribution is 6.14. The molecule has 0 radical (unpaired) electrons. The summed E-state index contributed by atoms with van der Waals surface area (Å²) >= 11 is 0. The fourth-order valence-corrected chi connectivity index (χ4v) is 5.87. The lowest BCUT2D eigenvalue weighted by molar-refractivity contribution is -0.137. The highest BCUT2D eigenvalue weighted by Gasteiger charge is 2.31. The van der Waals surface area contributed by atoms with E-state index in [4.69, 9.17) is 4.99 Å². The number of aryl methyl sites for hydroxylation is 2. The van der Waals surface area contributed by atoms with Gasteiger partial charge in [0.05, 0.1) is 17.8 Å². The Hall–Kier alpha value is -3.88. The van der Waals surface area contributed by atoms with Gasteiger partial charge in [0.2, 0.25) is 0 Å². The Kier molecular flexibility index (Phi) is 11.9. The van der Waals surface area contributed by atoms with Crippen LogP contribution in [0.3, 0.4) is 0 Å². The average molecular weight is 641 g/mol. The molecule has 0 bridgehead atoms. The number of piperidine rings is 1. The van der Waals surface area contributed by atoms with Crippen LogP contribution in [-0.4, -0.2) is 48.8 Å². The molecule has 0 aliphatic carbocycles. The molecule has 1 saturated heterocycles. The number of anilines is 2. The lowest BCUT2D eigenvalue weighted by Gasteiger charge is -2.41. The third-order valence-corrected chi connectivity index (χ3v) is 8.46. The second kappa shape index (κ2) is 15.6. The first-order chi connectivity index (χ1) is 21.9. The van der Waals surface area contributed by atoms with Gasteiger partial charge in [-0.15, -0.1) is 0 Å². The first-order valence-corrected chi connectivity index (χ1v) is 16.1. The molecule has 0 amide bonds. The van der Waals surface area contributed by atoms with Crippen LogP contribution < -0.4 is 10.2 Å². The van der Waals surface area contributed by atoms with Gasteiger partial charge >= 0.3 is 6.18 Å². The number of nitrogens with zero attached hydrogens (tertiary/aromatic N) is 3. The Bertz CT molecular complexity index is 1510. The number of benzene rings is 3. The Morgan fingerprint density at radius 1 is 0.978 bits per heavy atom. The fourth-order valence-electron chi connectivity index (χ4n) is 5.87. The van der Waals surface area contributed by atoms with Gasteiger partial charge in [0.25, 0.3) is 6.43 Å². The van der Waals surface area contributed by atoms with Crippen molar-refractivity contribution in [2.45, 2.75) is 85.0 Å². The summed E-state index contributed by atoms with van der Waals surface area (Å²) in [5.74, 6) is 0.818. The maximum Gasteiger partial charge on any atom is 0.416 e. The first-order valence-electron chi connectivity index (χ1n) is 16.1. The zero-order valence-corrected chi connectivity index (χ0v) is 27.3. The van der Waals surface area contributed by atoms with Crippen LogP contribution in [0.4, 0.5) is 33.3 Å². The van der Waals surface area contributed by atoms with Crippen molar-refractivity contribution >= 4 is 17.1 Å². The van der Waals surface area contributed by atoms with Crippen LogP contribution in [0.1, 0.15) is 74.3 Å². The van der Waals surface area contributed by atoms with E-state index in [0.29, 0.717) is 24.4 Å². The smallest absolute Gasteiger partial charge is 0.382 e. The van der Waals surface area contributed by atoms with Gasteiger partial charge in [-0.25, -0.2) is 8.78 Å². The number of aliphatic imine (C=N–C) groups is 1. The van der Waals surface area contributed by atoms with E-state index in [0.717, 1.165) is 65.6 Å². The molecule has 9 heteroatoms. The minimum absolute atomic E-state index is 0.0546. The predicted octanol–water partition coefficient (Wildman–Crippen LogP) is 9.86. The molecule has 0 spiro atoms. The summed E-state index contributed by atoms with van der Waals surface area (Å²) in [5, 5.41) is 3.63. The topological polar surface area (TPSA) is 30.9 Å². The van der Waals surface area contributed by atoms with Crippen molar-refractivity contribution in [2.75, 3.05) is 29.9 Å². The molecule has 0 aromatic heterocycles. The molecule has 4 rings (SSSR count). The van der Waals surface area contributed by atoms with Gasteiger partial charge in [-0.05, 0) is 94.0 Å². The Morgan fingerprint density at radius 3 is 2.30 bits per heavy atom. The van der Waals surface area contributed by atoms with Crippen molar-refractivity contribution in [3.63, 3.8) is 0 Å². The summed E-state index contributed by atoms with van der Waals surface area (Å²) in [6.07, 6.45) is -1.74. The van der Waals surface area contributed by atoms with E-state index >= 15 is 0 Å². The van der Waals surface area contributed by atoms with Crippen LogP contribution in [0, 0.1) is 13.8 Å². The van der Waals surface area contributed by atoms with Crippen molar-refractivity contribution in [1.82, 2.24) is 4.90 Å². The largest absolute Gasteiger partial charge is 0.416 e. The van der Waals surface area contributed by atoms with Crippen LogP contribution in [0.25, 0.3) is 0 Å². The maximum atomic E-state index is 13.8. The van der Waals surface area contributed by atoms with Crippen LogP contribution in [-0.2, 0) is 6.18 Å². The van der Waals surface area contributed by atoms with E-state index < -0.39 is 18.2 Å². The number of nitrogens with one attached hydrogen (secondary N) is 1. The van der Waals surface area contributed by atoms with Crippen molar-refractivity contribution in [2.24, 2.45) is 4.99 Å². The number of allylic oxidation sites excluding steroid dienone is 1. The van der Waals surface area contributed by atoms with E-state index in [2.05, 4.69) is 10.2 Å². The minimum Gasteiger partial charge on any atom is -0.382 e. The third kappa shape index (κ3) is 8.89.